The number of benzene rings is 2. The van der Waals surface area contributed by atoms with Crippen molar-refractivity contribution < 1.29 is 14.3 Å². The molecule has 2 amide bonds. The molecule has 0 saturated heterocycles. The number of anilines is 2. The number of amides is 2. The van der Waals surface area contributed by atoms with Gasteiger partial charge >= 0.3 is 0 Å². The third-order valence-electron chi connectivity index (χ3n) is 3.72. The number of carbonyl (C=O) groups excluding carboxylic acids is 2. The summed E-state index contributed by atoms with van der Waals surface area (Å²) in [6, 6.07) is 14.4. The summed E-state index contributed by atoms with van der Waals surface area (Å²) in [6.45, 7) is 8.76. The normalized spacial score (nSPS) is 10.6. The zero-order valence-electron chi connectivity index (χ0n) is 16.9. The third kappa shape index (κ3) is 7.31. The van der Waals surface area contributed by atoms with Gasteiger partial charge in [0.15, 0.2) is 0 Å². The summed E-state index contributed by atoms with van der Waals surface area (Å²) in [7, 11) is 0. The van der Waals surface area contributed by atoms with Crippen LogP contribution in [0.15, 0.2) is 48.5 Å². The van der Waals surface area contributed by atoms with Crippen LogP contribution >= 0.6 is 0 Å². The van der Waals surface area contributed by atoms with E-state index in [9.17, 15) is 9.59 Å². The van der Waals surface area contributed by atoms with Gasteiger partial charge in [-0.15, -0.1) is 0 Å². The number of nitrogens with one attached hydrogen (secondary N) is 3. The fourth-order valence-electron chi connectivity index (χ4n) is 2.40. The first-order valence-corrected chi connectivity index (χ1v) is 9.51. The van der Waals surface area contributed by atoms with Crippen LogP contribution < -0.4 is 20.7 Å². The van der Waals surface area contributed by atoms with Gasteiger partial charge in [0.1, 0.15) is 5.75 Å². The largest absolute Gasteiger partial charge is 0.493 e. The summed E-state index contributed by atoms with van der Waals surface area (Å²) in [5.74, 6) is 0.928. The molecule has 6 nitrogen and oxygen atoms in total. The molecule has 0 fully saturated rings. The zero-order valence-corrected chi connectivity index (χ0v) is 16.9. The molecule has 0 bridgehead atoms. The van der Waals surface area contributed by atoms with E-state index in [-0.39, 0.29) is 24.4 Å². The molecule has 0 aliphatic heterocycles. The van der Waals surface area contributed by atoms with Crippen molar-refractivity contribution in [3.63, 3.8) is 0 Å². The lowest BCUT2D eigenvalue weighted by atomic mass is 10.1. The summed E-state index contributed by atoms with van der Waals surface area (Å²) in [6.07, 6.45) is 0. The second kappa shape index (κ2) is 10.3. The van der Waals surface area contributed by atoms with Gasteiger partial charge in [0.05, 0.1) is 13.2 Å². The molecule has 0 heterocycles. The van der Waals surface area contributed by atoms with Crippen molar-refractivity contribution >= 4 is 23.2 Å². The van der Waals surface area contributed by atoms with Gasteiger partial charge in [0, 0.05) is 23.0 Å². The second-order valence-electron chi connectivity index (χ2n) is 7.34. The monoisotopic (exact) mass is 383 g/mol. The van der Waals surface area contributed by atoms with E-state index in [1.807, 2.05) is 44.2 Å². The van der Waals surface area contributed by atoms with E-state index in [1.165, 1.54) is 0 Å². The fourth-order valence-corrected chi connectivity index (χ4v) is 2.40. The van der Waals surface area contributed by atoms with Crippen molar-refractivity contribution in [2.24, 2.45) is 5.92 Å². The summed E-state index contributed by atoms with van der Waals surface area (Å²) in [5.41, 5.74) is 1.97. The summed E-state index contributed by atoms with van der Waals surface area (Å²) in [5, 5.41) is 8.72. The van der Waals surface area contributed by atoms with Crippen LogP contribution in [0.4, 0.5) is 11.4 Å². The Hall–Kier alpha value is -3.02. The highest BCUT2D eigenvalue weighted by molar-refractivity contribution is 5.96. The van der Waals surface area contributed by atoms with E-state index in [0.29, 0.717) is 29.5 Å². The molecule has 2 aromatic carbocycles. The van der Waals surface area contributed by atoms with Crippen LogP contribution in [0.3, 0.4) is 0 Å². The molecule has 2 rings (SSSR count). The minimum absolute atomic E-state index is 0.0667. The lowest BCUT2D eigenvalue weighted by Crippen LogP contribution is -2.30. The average Bonchev–Trinajstić information content (AvgIpc) is 2.65. The van der Waals surface area contributed by atoms with Gasteiger partial charge in [-0.3, -0.25) is 9.59 Å². The average molecular weight is 383 g/mol. The standard InChI is InChI=1S/C22H29N3O3/c1-15(2)14-28-20-10-8-18(9-11-20)25-21(26)13-23-19-7-5-6-17(12-19)22(27)24-16(3)4/h5-12,15-16,23H,13-14H2,1-4H3,(H,24,27)(H,25,26). The van der Waals surface area contributed by atoms with Gasteiger partial charge in [-0.1, -0.05) is 19.9 Å². The highest BCUT2D eigenvalue weighted by Crippen LogP contribution is 2.16. The Kier molecular flexibility index (Phi) is 7.87. The Morgan fingerprint density at radius 1 is 0.964 bits per heavy atom. The lowest BCUT2D eigenvalue weighted by molar-refractivity contribution is -0.114. The van der Waals surface area contributed by atoms with E-state index in [2.05, 4.69) is 29.8 Å². The van der Waals surface area contributed by atoms with Crippen molar-refractivity contribution in [2.45, 2.75) is 33.7 Å². The molecule has 0 radical (unpaired) electrons. The van der Waals surface area contributed by atoms with Gasteiger partial charge in [-0.25, -0.2) is 0 Å². The fraction of sp³-hybridized carbons (Fsp3) is 0.364. The van der Waals surface area contributed by atoms with Gasteiger partial charge in [-0.2, -0.15) is 0 Å². The van der Waals surface area contributed by atoms with Crippen LogP contribution in [0, 0.1) is 5.92 Å². The first-order chi connectivity index (χ1) is 13.3. The van der Waals surface area contributed by atoms with Crippen LogP contribution in [0.2, 0.25) is 0 Å². The second-order valence-corrected chi connectivity index (χ2v) is 7.34. The summed E-state index contributed by atoms with van der Waals surface area (Å²) in [4.78, 5) is 24.2. The minimum atomic E-state index is -0.173. The van der Waals surface area contributed by atoms with E-state index >= 15 is 0 Å². The molecule has 150 valence electrons. The topological polar surface area (TPSA) is 79.5 Å². The minimum Gasteiger partial charge on any atom is -0.493 e. The maximum Gasteiger partial charge on any atom is 0.251 e. The van der Waals surface area contributed by atoms with Crippen molar-refractivity contribution in [1.29, 1.82) is 0 Å². The Morgan fingerprint density at radius 3 is 2.32 bits per heavy atom. The number of hydrogen-bond acceptors (Lipinski definition) is 4. The Balaban J connectivity index is 1.84. The van der Waals surface area contributed by atoms with Gasteiger partial charge in [0.2, 0.25) is 5.91 Å². The van der Waals surface area contributed by atoms with E-state index < -0.39 is 0 Å². The molecule has 2 aromatic rings. The molecule has 0 aliphatic carbocycles. The lowest BCUT2D eigenvalue weighted by Gasteiger charge is -2.12. The Labute approximate surface area is 166 Å². The van der Waals surface area contributed by atoms with Crippen LogP contribution in [0.1, 0.15) is 38.1 Å². The van der Waals surface area contributed by atoms with Crippen LogP contribution in [0.5, 0.6) is 5.75 Å². The zero-order chi connectivity index (χ0) is 20.5. The van der Waals surface area contributed by atoms with Crippen molar-refractivity contribution in [2.75, 3.05) is 23.8 Å². The molecule has 0 aromatic heterocycles. The maximum absolute atomic E-state index is 12.2. The predicted octanol–water partition coefficient (Wildman–Crippen LogP) is 3.91. The summed E-state index contributed by atoms with van der Waals surface area (Å²) >= 11 is 0. The molecular formula is C22H29N3O3. The molecule has 0 saturated carbocycles. The highest BCUT2D eigenvalue weighted by atomic mass is 16.5. The molecule has 3 N–H and O–H groups in total. The van der Waals surface area contributed by atoms with E-state index in [0.717, 1.165) is 5.75 Å². The number of carbonyl (C=O) groups is 2. The molecule has 28 heavy (non-hydrogen) atoms. The number of ether oxygens (including phenoxy) is 1. The smallest absolute Gasteiger partial charge is 0.251 e. The van der Waals surface area contributed by atoms with Crippen molar-refractivity contribution in [3.8, 4) is 5.75 Å². The molecule has 0 spiro atoms. The van der Waals surface area contributed by atoms with Crippen molar-refractivity contribution in [3.05, 3.63) is 54.1 Å². The van der Waals surface area contributed by atoms with Gasteiger partial charge in [0.25, 0.3) is 5.91 Å². The third-order valence-corrected chi connectivity index (χ3v) is 3.72. The number of hydrogen-bond donors (Lipinski definition) is 3. The SMILES string of the molecule is CC(C)COc1ccc(NC(=O)CNc2cccc(C(=O)NC(C)C)c2)cc1. The van der Waals surface area contributed by atoms with Gasteiger partial charge in [-0.05, 0) is 62.2 Å². The first-order valence-electron chi connectivity index (χ1n) is 9.51. The Bertz CT molecular complexity index is 786. The van der Waals surface area contributed by atoms with Gasteiger partial charge < -0.3 is 20.7 Å². The summed E-state index contributed by atoms with van der Waals surface area (Å²) < 4.78 is 5.63. The molecule has 0 unspecified atom stereocenters. The van der Waals surface area contributed by atoms with E-state index in [1.54, 1.807) is 18.2 Å². The van der Waals surface area contributed by atoms with Crippen molar-refractivity contribution in [1.82, 2.24) is 5.32 Å². The predicted molar refractivity (Wildman–Crippen MR) is 113 cm³/mol. The molecule has 0 atom stereocenters. The van der Waals surface area contributed by atoms with Crippen LogP contribution in [-0.4, -0.2) is 31.0 Å². The first kappa shape index (κ1) is 21.3. The van der Waals surface area contributed by atoms with E-state index in [4.69, 9.17) is 4.74 Å². The van der Waals surface area contributed by atoms with Crippen LogP contribution in [0.25, 0.3) is 0 Å². The number of rotatable bonds is 9. The Morgan fingerprint density at radius 2 is 1.68 bits per heavy atom. The molecular weight excluding hydrogens is 354 g/mol. The maximum atomic E-state index is 12.2. The van der Waals surface area contributed by atoms with Crippen LogP contribution in [-0.2, 0) is 4.79 Å². The molecule has 6 heteroatoms. The highest BCUT2D eigenvalue weighted by Gasteiger charge is 2.08. The molecule has 0 aliphatic rings. The quantitative estimate of drug-likeness (QED) is 0.613.